The van der Waals surface area contributed by atoms with Crippen molar-refractivity contribution in [2.24, 2.45) is 0 Å². The van der Waals surface area contributed by atoms with Gasteiger partial charge in [-0.25, -0.2) is 8.42 Å². The van der Waals surface area contributed by atoms with Crippen molar-refractivity contribution in [3.8, 4) is 0 Å². The lowest BCUT2D eigenvalue weighted by Gasteiger charge is -2.11. The number of sulfonamides is 1. The summed E-state index contributed by atoms with van der Waals surface area (Å²) in [5.74, 6) is -0.315. The minimum absolute atomic E-state index is 0.00110. The Kier molecular flexibility index (Phi) is 5.88. The Bertz CT molecular complexity index is 865. The lowest BCUT2D eigenvalue weighted by molar-refractivity contribution is 0.0958. The van der Waals surface area contributed by atoms with Crippen LogP contribution in [0.4, 0.5) is 5.69 Å². The molecule has 2 aromatic carbocycles. The summed E-state index contributed by atoms with van der Waals surface area (Å²) < 4.78 is 27.2. The second-order valence-corrected chi connectivity index (χ2v) is 7.20. The van der Waals surface area contributed by atoms with Crippen LogP contribution in [0.1, 0.15) is 10.4 Å². The molecule has 2 N–H and O–H groups in total. The minimum Gasteiger partial charge on any atom is -0.349 e. The van der Waals surface area contributed by atoms with Gasteiger partial charge in [0.15, 0.2) is 0 Å². The van der Waals surface area contributed by atoms with Gasteiger partial charge < -0.3 is 5.32 Å². The highest BCUT2D eigenvalue weighted by Crippen LogP contribution is 2.31. The van der Waals surface area contributed by atoms with Crippen LogP contribution in [-0.2, 0) is 10.0 Å². The average molecular weight is 385 g/mol. The number of halogens is 2. The molecule has 24 heavy (non-hydrogen) atoms. The number of amides is 1. The topological polar surface area (TPSA) is 75.3 Å². The molecule has 0 aliphatic carbocycles. The maximum absolute atomic E-state index is 12.4. The van der Waals surface area contributed by atoms with Crippen LogP contribution >= 0.6 is 23.2 Å². The highest BCUT2D eigenvalue weighted by atomic mass is 35.5. The molecular formula is C16H14Cl2N2O3S. The molecule has 0 atom stereocenters. The van der Waals surface area contributed by atoms with Gasteiger partial charge in [0, 0.05) is 12.1 Å². The van der Waals surface area contributed by atoms with E-state index in [2.05, 4.69) is 16.6 Å². The number of carbonyl (C=O) groups is 1. The van der Waals surface area contributed by atoms with E-state index in [-0.39, 0.29) is 26.5 Å². The minimum atomic E-state index is -3.85. The summed E-state index contributed by atoms with van der Waals surface area (Å²) in [6.45, 7) is 3.83. The maximum atomic E-state index is 12.4. The highest BCUT2D eigenvalue weighted by molar-refractivity contribution is 7.92. The lowest BCUT2D eigenvalue weighted by atomic mass is 10.2. The zero-order valence-electron chi connectivity index (χ0n) is 12.4. The van der Waals surface area contributed by atoms with E-state index in [1.807, 2.05) is 0 Å². The monoisotopic (exact) mass is 384 g/mol. The van der Waals surface area contributed by atoms with E-state index < -0.39 is 10.0 Å². The van der Waals surface area contributed by atoms with Crippen molar-refractivity contribution in [3.05, 3.63) is 70.7 Å². The second kappa shape index (κ2) is 7.70. The lowest BCUT2D eigenvalue weighted by Crippen LogP contribution is -2.23. The third-order valence-electron chi connectivity index (χ3n) is 3.03. The van der Waals surface area contributed by atoms with Gasteiger partial charge in [-0.1, -0.05) is 35.3 Å². The molecule has 0 unspecified atom stereocenters. The zero-order chi connectivity index (χ0) is 17.7. The number of anilines is 1. The molecule has 0 bridgehead atoms. The van der Waals surface area contributed by atoms with Crippen LogP contribution in [0.25, 0.3) is 0 Å². The third kappa shape index (κ3) is 4.29. The van der Waals surface area contributed by atoms with E-state index in [1.165, 1.54) is 30.3 Å². The Morgan fingerprint density at radius 1 is 1.12 bits per heavy atom. The standard InChI is InChI=1S/C16H14Cl2N2O3S/c1-2-10-19-16(21)11-6-8-12(9-7-11)24(22,23)20-14-5-3-4-13(17)15(14)18/h2-9,20H,1,10H2,(H,19,21). The smallest absolute Gasteiger partial charge is 0.261 e. The predicted octanol–water partition coefficient (Wildman–Crippen LogP) is 3.71. The van der Waals surface area contributed by atoms with Gasteiger partial charge in [-0.2, -0.15) is 0 Å². The largest absolute Gasteiger partial charge is 0.349 e. The molecule has 0 aliphatic rings. The first-order valence-corrected chi connectivity index (χ1v) is 9.05. The van der Waals surface area contributed by atoms with Gasteiger partial charge in [0.05, 0.1) is 20.6 Å². The highest BCUT2D eigenvalue weighted by Gasteiger charge is 2.17. The predicted molar refractivity (Wildman–Crippen MR) is 96.2 cm³/mol. The Labute approximate surface area is 150 Å². The summed E-state index contributed by atoms with van der Waals surface area (Å²) in [4.78, 5) is 11.8. The van der Waals surface area contributed by atoms with Crippen molar-refractivity contribution in [1.29, 1.82) is 0 Å². The summed E-state index contributed by atoms with van der Waals surface area (Å²) in [7, 11) is -3.85. The molecular weight excluding hydrogens is 371 g/mol. The molecule has 126 valence electrons. The van der Waals surface area contributed by atoms with Crippen molar-refractivity contribution in [3.63, 3.8) is 0 Å². The van der Waals surface area contributed by atoms with Gasteiger partial charge in [-0.15, -0.1) is 6.58 Å². The fourth-order valence-electron chi connectivity index (χ4n) is 1.84. The molecule has 0 spiro atoms. The third-order valence-corrected chi connectivity index (χ3v) is 5.23. The van der Waals surface area contributed by atoms with Crippen molar-refractivity contribution in [2.75, 3.05) is 11.3 Å². The molecule has 0 radical (unpaired) electrons. The van der Waals surface area contributed by atoms with Crippen LogP contribution in [0, 0.1) is 0 Å². The molecule has 0 heterocycles. The quantitative estimate of drug-likeness (QED) is 0.745. The molecule has 0 saturated carbocycles. The fraction of sp³-hybridized carbons (Fsp3) is 0.0625. The normalized spacial score (nSPS) is 10.9. The van der Waals surface area contributed by atoms with Crippen molar-refractivity contribution in [1.82, 2.24) is 5.32 Å². The Morgan fingerprint density at radius 2 is 1.79 bits per heavy atom. The average Bonchev–Trinajstić information content (AvgIpc) is 2.57. The molecule has 0 aliphatic heterocycles. The number of hydrogen-bond donors (Lipinski definition) is 2. The Hall–Kier alpha value is -2.02. The molecule has 2 aromatic rings. The van der Waals surface area contributed by atoms with Crippen molar-refractivity contribution >= 4 is 44.8 Å². The molecule has 2 rings (SSSR count). The maximum Gasteiger partial charge on any atom is 0.261 e. The fourth-order valence-corrected chi connectivity index (χ4v) is 3.31. The zero-order valence-corrected chi connectivity index (χ0v) is 14.8. The van der Waals surface area contributed by atoms with E-state index in [9.17, 15) is 13.2 Å². The van der Waals surface area contributed by atoms with E-state index in [0.717, 1.165) is 0 Å². The SMILES string of the molecule is C=CCNC(=O)c1ccc(S(=O)(=O)Nc2cccc(Cl)c2Cl)cc1. The van der Waals surface area contributed by atoms with E-state index in [4.69, 9.17) is 23.2 Å². The number of nitrogens with one attached hydrogen (secondary N) is 2. The van der Waals surface area contributed by atoms with Gasteiger partial charge in [-0.05, 0) is 36.4 Å². The van der Waals surface area contributed by atoms with Gasteiger partial charge >= 0.3 is 0 Å². The molecule has 5 nitrogen and oxygen atoms in total. The van der Waals surface area contributed by atoms with Gasteiger partial charge in [0.2, 0.25) is 0 Å². The van der Waals surface area contributed by atoms with Crippen LogP contribution in [0.15, 0.2) is 60.0 Å². The van der Waals surface area contributed by atoms with Gasteiger partial charge in [0.1, 0.15) is 0 Å². The van der Waals surface area contributed by atoms with Gasteiger partial charge in [-0.3, -0.25) is 9.52 Å². The number of rotatable bonds is 6. The first-order chi connectivity index (χ1) is 11.3. The molecule has 1 amide bonds. The molecule has 0 saturated heterocycles. The second-order valence-electron chi connectivity index (χ2n) is 4.73. The number of carbonyl (C=O) groups excluding carboxylic acids is 1. The summed E-state index contributed by atoms with van der Waals surface area (Å²) >= 11 is 11.8. The van der Waals surface area contributed by atoms with E-state index in [0.29, 0.717) is 12.1 Å². The summed E-state index contributed by atoms with van der Waals surface area (Å²) in [6, 6.07) is 10.2. The first-order valence-electron chi connectivity index (χ1n) is 6.81. The number of hydrogen-bond acceptors (Lipinski definition) is 3. The first kappa shape index (κ1) is 18.3. The summed E-state index contributed by atoms with van der Waals surface area (Å²) in [6.07, 6.45) is 1.55. The van der Waals surface area contributed by atoms with Crippen molar-refractivity contribution in [2.45, 2.75) is 4.90 Å². The van der Waals surface area contributed by atoms with Crippen LogP contribution in [-0.4, -0.2) is 20.9 Å². The van der Waals surface area contributed by atoms with Gasteiger partial charge in [0.25, 0.3) is 15.9 Å². The van der Waals surface area contributed by atoms with Crippen LogP contribution in [0.3, 0.4) is 0 Å². The summed E-state index contributed by atoms with van der Waals surface area (Å²) in [5, 5.41) is 2.96. The van der Waals surface area contributed by atoms with Crippen LogP contribution in [0.5, 0.6) is 0 Å². The van der Waals surface area contributed by atoms with Crippen molar-refractivity contribution < 1.29 is 13.2 Å². The molecule has 8 heteroatoms. The Morgan fingerprint density at radius 3 is 2.42 bits per heavy atom. The van der Waals surface area contributed by atoms with Crippen LogP contribution in [0.2, 0.25) is 10.0 Å². The van der Waals surface area contributed by atoms with Crippen LogP contribution < -0.4 is 10.0 Å². The summed E-state index contributed by atoms with van der Waals surface area (Å²) in [5.41, 5.74) is 0.522. The van der Waals surface area contributed by atoms with E-state index >= 15 is 0 Å². The molecule has 0 aromatic heterocycles. The Balaban J connectivity index is 2.22. The van der Waals surface area contributed by atoms with E-state index in [1.54, 1.807) is 18.2 Å². The molecule has 0 fully saturated rings. The number of benzene rings is 2.